The molecule has 0 unspecified atom stereocenters. The molecular formula is C20H19N3O3S. The summed E-state index contributed by atoms with van der Waals surface area (Å²) < 4.78 is 25.3. The molecule has 1 amide bonds. The van der Waals surface area contributed by atoms with Crippen LogP contribution in [0, 0.1) is 0 Å². The number of carbonyl (C=O) groups excluding carboxylic acids is 1. The predicted molar refractivity (Wildman–Crippen MR) is 107 cm³/mol. The molecule has 4 rings (SSSR count). The van der Waals surface area contributed by atoms with Crippen LogP contribution in [-0.4, -0.2) is 32.1 Å². The average molecular weight is 381 g/mol. The van der Waals surface area contributed by atoms with E-state index in [9.17, 15) is 13.2 Å². The van der Waals surface area contributed by atoms with E-state index in [0.29, 0.717) is 23.5 Å². The van der Waals surface area contributed by atoms with Gasteiger partial charge in [0.1, 0.15) is 0 Å². The summed E-state index contributed by atoms with van der Waals surface area (Å²) in [6.45, 7) is 0.475. The van der Waals surface area contributed by atoms with Crippen LogP contribution in [0.25, 0.3) is 10.9 Å². The minimum atomic E-state index is -3.31. The summed E-state index contributed by atoms with van der Waals surface area (Å²) in [5.41, 5.74) is 3.61. The summed E-state index contributed by atoms with van der Waals surface area (Å²) in [5.74, 6) is -0.225. The summed E-state index contributed by atoms with van der Waals surface area (Å²) in [5, 5.41) is 3.85. The Kier molecular flexibility index (Phi) is 4.31. The van der Waals surface area contributed by atoms with E-state index < -0.39 is 10.0 Å². The van der Waals surface area contributed by atoms with Gasteiger partial charge in [0.15, 0.2) is 0 Å². The molecule has 27 heavy (non-hydrogen) atoms. The lowest BCUT2D eigenvalue weighted by molar-refractivity contribution is 0.102. The number of benzene rings is 2. The molecule has 1 N–H and O–H groups in total. The average Bonchev–Trinajstić information content (AvgIpc) is 2.66. The number of hydrogen-bond acceptors (Lipinski definition) is 4. The number of nitrogens with zero attached hydrogens (tertiary/aromatic N) is 2. The number of sulfonamides is 1. The first kappa shape index (κ1) is 17.5. The van der Waals surface area contributed by atoms with Crippen molar-refractivity contribution in [3.63, 3.8) is 0 Å². The largest absolute Gasteiger partial charge is 0.322 e. The first-order chi connectivity index (χ1) is 12.9. The third kappa shape index (κ3) is 3.50. The number of hydrogen-bond donors (Lipinski definition) is 1. The number of pyridine rings is 1. The lowest BCUT2D eigenvalue weighted by Crippen LogP contribution is -2.34. The summed E-state index contributed by atoms with van der Waals surface area (Å²) in [4.78, 5) is 16.9. The van der Waals surface area contributed by atoms with Gasteiger partial charge in [0, 0.05) is 29.4 Å². The molecule has 138 valence electrons. The molecule has 2 aromatic carbocycles. The van der Waals surface area contributed by atoms with E-state index in [4.69, 9.17) is 0 Å². The number of nitrogens with one attached hydrogen (secondary N) is 1. The highest BCUT2D eigenvalue weighted by Crippen LogP contribution is 2.30. The molecule has 0 fully saturated rings. The van der Waals surface area contributed by atoms with Crippen LogP contribution in [0.2, 0.25) is 0 Å². The third-order valence-corrected chi connectivity index (χ3v) is 5.86. The van der Waals surface area contributed by atoms with Gasteiger partial charge in [0.25, 0.3) is 5.91 Å². The van der Waals surface area contributed by atoms with Gasteiger partial charge in [-0.25, -0.2) is 8.42 Å². The van der Waals surface area contributed by atoms with Crippen molar-refractivity contribution in [2.75, 3.05) is 22.4 Å². The number of carbonyl (C=O) groups is 1. The highest BCUT2D eigenvalue weighted by molar-refractivity contribution is 7.92. The fourth-order valence-electron chi connectivity index (χ4n) is 3.40. The zero-order chi connectivity index (χ0) is 19.0. The van der Waals surface area contributed by atoms with Crippen molar-refractivity contribution in [2.45, 2.75) is 12.8 Å². The molecular weight excluding hydrogens is 362 g/mol. The molecule has 0 bridgehead atoms. The van der Waals surface area contributed by atoms with Crippen LogP contribution in [0.5, 0.6) is 0 Å². The Hall–Kier alpha value is -2.93. The van der Waals surface area contributed by atoms with Gasteiger partial charge in [-0.05, 0) is 60.9 Å². The third-order valence-electron chi connectivity index (χ3n) is 4.68. The van der Waals surface area contributed by atoms with E-state index in [1.807, 2.05) is 30.3 Å². The monoisotopic (exact) mass is 381 g/mol. The fraction of sp³-hybridized carbons (Fsp3) is 0.200. The van der Waals surface area contributed by atoms with Crippen molar-refractivity contribution >= 4 is 38.2 Å². The summed E-state index contributed by atoms with van der Waals surface area (Å²) in [6.07, 6.45) is 4.43. The van der Waals surface area contributed by atoms with Gasteiger partial charge in [-0.2, -0.15) is 0 Å². The first-order valence-corrected chi connectivity index (χ1v) is 10.5. The fourth-order valence-corrected chi connectivity index (χ4v) is 4.40. The molecule has 6 nitrogen and oxygen atoms in total. The van der Waals surface area contributed by atoms with Gasteiger partial charge >= 0.3 is 0 Å². The topological polar surface area (TPSA) is 79.4 Å². The number of rotatable bonds is 3. The number of fused-ring (bicyclic) bond motifs is 2. The molecule has 0 radical (unpaired) electrons. The van der Waals surface area contributed by atoms with Crippen molar-refractivity contribution in [2.24, 2.45) is 0 Å². The van der Waals surface area contributed by atoms with Crippen molar-refractivity contribution in [1.82, 2.24) is 4.98 Å². The lowest BCUT2D eigenvalue weighted by Gasteiger charge is -2.29. The van der Waals surface area contributed by atoms with Crippen LogP contribution >= 0.6 is 0 Å². The number of aryl methyl sites for hydroxylation is 1. The minimum Gasteiger partial charge on any atom is -0.322 e. The summed E-state index contributed by atoms with van der Waals surface area (Å²) in [7, 11) is -3.31. The molecule has 7 heteroatoms. The molecule has 0 spiro atoms. The van der Waals surface area contributed by atoms with Crippen LogP contribution < -0.4 is 9.62 Å². The molecule has 3 aromatic rings. The van der Waals surface area contributed by atoms with Crippen LogP contribution in [0.1, 0.15) is 22.3 Å². The molecule has 1 aliphatic rings. The summed E-state index contributed by atoms with van der Waals surface area (Å²) >= 11 is 0. The maximum atomic E-state index is 12.7. The molecule has 0 aliphatic carbocycles. The number of aromatic nitrogens is 1. The second-order valence-electron chi connectivity index (χ2n) is 6.65. The highest BCUT2D eigenvalue weighted by atomic mass is 32.2. The Morgan fingerprint density at radius 3 is 2.81 bits per heavy atom. The lowest BCUT2D eigenvalue weighted by atomic mass is 10.0. The molecule has 0 atom stereocenters. The molecule has 1 aliphatic heterocycles. The van der Waals surface area contributed by atoms with Gasteiger partial charge in [-0.1, -0.05) is 6.07 Å². The van der Waals surface area contributed by atoms with Crippen LogP contribution in [0.3, 0.4) is 0 Å². The minimum absolute atomic E-state index is 0.225. The Balaban J connectivity index is 1.60. The molecule has 0 saturated carbocycles. The molecule has 0 saturated heterocycles. The van der Waals surface area contributed by atoms with E-state index >= 15 is 0 Å². The van der Waals surface area contributed by atoms with Gasteiger partial charge < -0.3 is 5.32 Å². The smallest absolute Gasteiger partial charge is 0.255 e. The van der Waals surface area contributed by atoms with Crippen LogP contribution in [-0.2, 0) is 16.4 Å². The second kappa shape index (κ2) is 6.66. The number of amides is 1. The van der Waals surface area contributed by atoms with E-state index in [0.717, 1.165) is 29.3 Å². The van der Waals surface area contributed by atoms with Gasteiger partial charge in [0.2, 0.25) is 10.0 Å². The van der Waals surface area contributed by atoms with E-state index in [2.05, 4.69) is 10.3 Å². The van der Waals surface area contributed by atoms with Gasteiger partial charge in [-0.3, -0.25) is 14.1 Å². The van der Waals surface area contributed by atoms with E-state index in [1.54, 1.807) is 24.4 Å². The molecule has 2 heterocycles. The maximum Gasteiger partial charge on any atom is 0.255 e. The van der Waals surface area contributed by atoms with E-state index in [1.165, 1.54) is 10.6 Å². The maximum absolute atomic E-state index is 12.7. The zero-order valence-corrected chi connectivity index (χ0v) is 15.7. The van der Waals surface area contributed by atoms with E-state index in [-0.39, 0.29) is 5.91 Å². The Labute approximate surface area is 157 Å². The first-order valence-electron chi connectivity index (χ1n) is 8.68. The normalized spacial score (nSPS) is 14.0. The predicted octanol–water partition coefficient (Wildman–Crippen LogP) is 3.20. The Bertz CT molecular complexity index is 1140. The SMILES string of the molecule is CS(=O)(=O)N1CCCc2cc(C(=O)Nc3ccc4ncccc4c3)ccc21. The summed E-state index contributed by atoms with van der Waals surface area (Å²) in [6, 6.07) is 14.5. The van der Waals surface area contributed by atoms with Crippen LogP contribution in [0.15, 0.2) is 54.7 Å². The van der Waals surface area contributed by atoms with Gasteiger partial charge in [0.05, 0.1) is 17.5 Å². The standard InChI is InChI=1S/C20H19N3O3S/c1-27(25,26)23-11-3-5-15-12-16(6-9-19(15)23)20(24)22-17-7-8-18-14(13-17)4-2-10-21-18/h2,4,6-10,12-13H,3,5,11H2,1H3,(H,22,24). The second-order valence-corrected chi connectivity index (χ2v) is 8.55. The van der Waals surface area contributed by atoms with Crippen molar-refractivity contribution in [1.29, 1.82) is 0 Å². The molecule has 1 aromatic heterocycles. The Morgan fingerprint density at radius 1 is 1.15 bits per heavy atom. The van der Waals surface area contributed by atoms with Crippen molar-refractivity contribution in [3.05, 3.63) is 65.9 Å². The number of anilines is 2. The van der Waals surface area contributed by atoms with Crippen molar-refractivity contribution in [3.8, 4) is 0 Å². The van der Waals surface area contributed by atoms with Crippen LogP contribution in [0.4, 0.5) is 11.4 Å². The quantitative estimate of drug-likeness (QED) is 0.756. The highest BCUT2D eigenvalue weighted by Gasteiger charge is 2.24. The zero-order valence-electron chi connectivity index (χ0n) is 14.8. The van der Waals surface area contributed by atoms with Gasteiger partial charge in [-0.15, -0.1) is 0 Å². The Morgan fingerprint density at radius 2 is 2.00 bits per heavy atom. The van der Waals surface area contributed by atoms with Crippen molar-refractivity contribution < 1.29 is 13.2 Å².